The Morgan fingerprint density at radius 3 is 2.42 bits per heavy atom. The van der Waals surface area contributed by atoms with Gasteiger partial charge in [-0.15, -0.1) is 24.8 Å². The third-order valence-electron chi connectivity index (χ3n) is 4.48. The molecule has 2 bridgehead atoms. The maximum atomic E-state index is 6.23. The third kappa shape index (κ3) is 3.40. The van der Waals surface area contributed by atoms with Gasteiger partial charge in [0, 0.05) is 25.2 Å². The largest absolute Gasteiger partial charge is 0.327 e. The van der Waals surface area contributed by atoms with Crippen LogP contribution in [0.2, 0.25) is 0 Å². The van der Waals surface area contributed by atoms with Gasteiger partial charge < -0.3 is 5.73 Å². The summed E-state index contributed by atoms with van der Waals surface area (Å²) in [5.74, 6) is 1.43. The van der Waals surface area contributed by atoms with Crippen molar-refractivity contribution in [3.05, 3.63) is 12.7 Å². The molecule has 1 aromatic heterocycles. The monoisotopic (exact) mass is 307 g/mol. The fraction of sp³-hybridized carbons (Fsp3) is 0.833. The predicted octanol–water partition coefficient (Wildman–Crippen LogP) is 1.18. The van der Waals surface area contributed by atoms with E-state index in [-0.39, 0.29) is 24.8 Å². The van der Waals surface area contributed by atoms with E-state index in [0.29, 0.717) is 23.9 Å². The van der Waals surface area contributed by atoms with Crippen LogP contribution in [-0.2, 0) is 6.54 Å². The first kappa shape index (κ1) is 16.7. The van der Waals surface area contributed by atoms with Gasteiger partial charge >= 0.3 is 0 Å². The minimum Gasteiger partial charge on any atom is -0.327 e. The summed E-state index contributed by atoms with van der Waals surface area (Å²) in [5, 5.41) is 4.17. The van der Waals surface area contributed by atoms with Gasteiger partial charge in [-0.25, -0.2) is 4.98 Å². The predicted molar refractivity (Wildman–Crippen MR) is 79.7 cm³/mol. The number of fused-ring (bicyclic) bond motifs is 2. The molecule has 5 nitrogen and oxygen atoms in total. The van der Waals surface area contributed by atoms with E-state index in [4.69, 9.17) is 5.73 Å². The zero-order valence-corrected chi connectivity index (χ0v) is 12.8. The van der Waals surface area contributed by atoms with Gasteiger partial charge in [0.25, 0.3) is 0 Å². The van der Waals surface area contributed by atoms with E-state index in [9.17, 15) is 0 Å². The van der Waals surface area contributed by atoms with Gasteiger partial charge in [-0.2, -0.15) is 5.10 Å². The van der Waals surface area contributed by atoms with Crippen molar-refractivity contribution >= 4 is 24.8 Å². The molecule has 2 N–H and O–H groups in total. The molecule has 0 radical (unpaired) electrons. The highest BCUT2D eigenvalue weighted by Gasteiger charge is 2.40. The average Bonchev–Trinajstić information content (AvgIpc) is 2.86. The normalized spacial score (nSPS) is 31.4. The van der Waals surface area contributed by atoms with E-state index in [0.717, 1.165) is 19.6 Å². The van der Waals surface area contributed by atoms with E-state index in [2.05, 4.69) is 21.9 Å². The van der Waals surface area contributed by atoms with Crippen molar-refractivity contribution in [2.24, 2.45) is 17.6 Å². The van der Waals surface area contributed by atoms with Crippen LogP contribution in [0.25, 0.3) is 0 Å². The van der Waals surface area contributed by atoms with Crippen LogP contribution in [0, 0.1) is 11.8 Å². The summed E-state index contributed by atoms with van der Waals surface area (Å²) in [7, 11) is 0. The highest BCUT2D eigenvalue weighted by molar-refractivity contribution is 5.85. The van der Waals surface area contributed by atoms with E-state index >= 15 is 0 Å². The van der Waals surface area contributed by atoms with Gasteiger partial charge in [0.15, 0.2) is 0 Å². The Bertz CT molecular complexity index is 358. The summed E-state index contributed by atoms with van der Waals surface area (Å²) in [4.78, 5) is 6.56. The van der Waals surface area contributed by atoms with Crippen molar-refractivity contribution in [1.29, 1.82) is 0 Å². The molecule has 7 heteroatoms. The molecule has 1 aromatic rings. The molecule has 1 saturated carbocycles. The van der Waals surface area contributed by atoms with Gasteiger partial charge in [0.05, 0.1) is 6.54 Å². The number of nitrogens with two attached hydrogens (primary N) is 1. The van der Waals surface area contributed by atoms with Gasteiger partial charge in [0.2, 0.25) is 0 Å². The molecule has 2 unspecified atom stereocenters. The van der Waals surface area contributed by atoms with Crippen LogP contribution >= 0.6 is 24.8 Å². The highest BCUT2D eigenvalue weighted by Crippen LogP contribution is 2.36. The van der Waals surface area contributed by atoms with E-state index < -0.39 is 0 Å². The fourth-order valence-corrected chi connectivity index (χ4v) is 3.37. The summed E-state index contributed by atoms with van der Waals surface area (Å²) >= 11 is 0. The number of piperidine rings is 1. The zero-order chi connectivity index (χ0) is 11.8. The number of likely N-dealkylation sites (tertiary alicyclic amines) is 1. The molecular formula is C12H23Cl2N5. The Morgan fingerprint density at radius 1 is 1.26 bits per heavy atom. The quantitative estimate of drug-likeness (QED) is 0.911. The second-order valence-electron chi connectivity index (χ2n) is 5.60. The number of halogens is 2. The first-order valence-corrected chi connectivity index (χ1v) is 6.56. The van der Waals surface area contributed by atoms with Crippen LogP contribution in [0.15, 0.2) is 12.7 Å². The summed E-state index contributed by atoms with van der Waals surface area (Å²) in [5.41, 5.74) is 6.23. The maximum Gasteiger partial charge on any atom is 0.137 e. The number of nitrogens with zero attached hydrogens (tertiary/aromatic N) is 4. The fourth-order valence-electron chi connectivity index (χ4n) is 3.37. The molecule has 1 aliphatic heterocycles. The molecule has 0 spiro atoms. The van der Waals surface area contributed by atoms with Gasteiger partial charge in [-0.3, -0.25) is 9.58 Å². The maximum absolute atomic E-state index is 6.23. The van der Waals surface area contributed by atoms with Crippen LogP contribution in [0.5, 0.6) is 0 Å². The van der Waals surface area contributed by atoms with Crippen molar-refractivity contribution in [3.8, 4) is 0 Å². The van der Waals surface area contributed by atoms with Gasteiger partial charge in [-0.05, 0) is 31.6 Å². The third-order valence-corrected chi connectivity index (χ3v) is 4.48. The minimum atomic E-state index is 0. The van der Waals surface area contributed by atoms with Gasteiger partial charge in [0.1, 0.15) is 12.7 Å². The van der Waals surface area contributed by atoms with Crippen molar-refractivity contribution in [2.75, 3.05) is 13.1 Å². The van der Waals surface area contributed by atoms with Crippen LogP contribution in [0.1, 0.15) is 19.8 Å². The lowest BCUT2D eigenvalue weighted by Crippen LogP contribution is -2.52. The van der Waals surface area contributed by atoms with Crippen LogP contribution < -0.4 is 5.73 Å². The molecule has 4 atom stereocenters. The van der Waals surface area contributed by atoms with Crippen LogP contribution in [0.4, 0.5) is 0 Å². The zero-order valence-electron chi connectivity index (χ0n) is 11.2. The molecule has 0 amide bonds. The number of hydrogen-bond acceptors (Lipinski definition) is 4. The number of aromatic nitrogens is 3. The highest BCUT2D eigenvalue weighted by atomic mass is 35.5. The number of hydrogen-bond donors (Lipinski definition) is 1. The number of rotatable bonds is 3. The second-order valence-corrected chi connectivity index (χ2v) is 5.60. The Labute approximate surface area is 126 Å². The molecular weight excluding hydrogens is 285 g/mol. The molecule has 2 aliphatic rings. The first-order valence-electron chi connectivity index (χ1n) is 6.56. The van der Waals surface area contributed by atoms with Crippen LogP contribution in [0.3, 0.4) is 0 Å². The lowest BCUT2D eigenvalue weighted by Gasteiger charge is -2.39. The second kappa shape index (κ2) is 6.88. The Morgan fingerprint density at radius 2 is 1.89 bits per heavy atom. The Hall–Kier alpha value is -0.360. The first-order chi connectivity index (χ1) is 8.24. The molecule has 3 rings (SSSR count). The lowest BCUT2D eigenvalue weighted by atomic mass is 9.92. The molecule has 1 saturated heterocycles. The Balaban J connectivity index is 0.000000902. The van der Waals surface area contributed by atoms with Crippen molar-refractivity contribution in [1.82, 2.24) is 19.7 Å². The molecule has 1 aliphatic carbocycles. The van der Waals surface area contributed by atoms with Gasteiger partial charge in [-0.1, -0.05) is 0 Å². The van der Waals surface area contributed by atoms with E-state index in [1.54, 1.807) is 12.7 Å². The summed E-state index contributed by atoms with van der Waals surface area (Å²) < 4.78 is 1.92. The lowest BCUT2D eigenvalue weighted by molar-refractivity contribution is 0.0984. The standard InChI is InChI=1S/C12H21N5.2ClH/c1-9(4-17-8-14-7-15-17)16-5-10-2-3-11(6-16)12(10)13;;/h7-12H,2-6,13H2,1H3;2*1H/t9?,10-,11+,12?;;. The summed E-state index contributed by atoms with van der Waals surface area (Å²) in [6, 6.07) is 0.970. The Kier molecular flexibility index (Phi) is 6.05. The van der Waals surface area contributed by atoms with Crippen molar-refractivity contribution < 1.29 is 0 Å². The summed E-state index contributed by atoms with van der Waals surface area (Å²) in [6.45, 7) is 5.52. The molecule has 0 aromatic carbocycles. The average molecular weight is 308 g/mol. The minimum absolute atomic E-state index is 0. The van der Waals surface area contributed by atoms with E-state index in [1.807, 2.05) is 4.68 Å². The van der Waals surface area contributed by atoms with Crippen molar-refractivity contribution in [3.63, 3.8) is 0 Å². The molecule has 110 valence electrons. The topological polar surface area (TPSA) is 60.0 Å². The molecule has 19 heavy (non-hydrogen) atoms. The molecule has 2 heterocycles. The summed E-state index contributed by atoms with van der Waals surface area (Å²) in [6.07, 6.45) is 6.03. The SMILES string of the molecule is CC(Cn1cncn1)N1C[C@H]2CC[C@@H](C1)C2N.Cl.Cl. The van der Waals surface area contributed by atoms with E-state index in [1.165, 1.54) is 12.8 Å². The van der Waals surface area contributed by atoms with Crippen LogP contribution in [-0.4, -0.2) is 44.8 Å². The van der Waals surface area contributed by atoms with Crippen molar-refractivity contribution in [2.45, 2.75) is 38.4 Å². The smallest absolute Gasteiger partial charge is 0.137 e. The molecule has 2 fully saturated rings.